The van der Waals surface area contributed by atoms with Crippen LogP contribution in [-0.2, 0) is 10.2 Å². The van der Waals surface area contributed by atoms with E-state index in [1.54, 1.807) is 11.9 Å². The van der Waals surface area contributed by atoms with Crippen LogP contribution in [0.1, 0.15) is 37.0 Å². The zero-order valence-electron chi connectivity index (χ0n) is 14.6. The Morgan fingerprint density at radius 2 is 2.00 bits per heavy atom. The van der Waals surface area contributed by atoms with Crippen molar-refractivity contribution < 1.29 is 9.59 Å². The van der Waals surface area contributed by atoms with Crippen LogP contribution in [0, 0.1) is 5.92 Å². The molecule has 2 heterocycles. The van der Waals surface area contributed by atoms with Gasteiger partial charge in [-0.15, -0.1) is 0 Å². The molecule has 23 heavy (non-hydrogen) atoms. The van der Waals surface area contributed by atoms with Gasteiger partial charge in [0.2, 0.25) is 5.91 Å². The van der Waals surface area contributed by atoms with Crippen LogP contribution in [0.15, 0.2) is 6.07 Å². The lowest BCUT2D eigenvalue weighted by Gasteiger charge is -2.22. The summed E-state index contributed by atoms with van der Waals surface area (Å²) in [6.07, 6.45) is 0. The number of hydrogen-bond donors (Lipinski definition) is 2. The van der Waals surface area contributed by atoms with Crippen LogP contribution in [0.2, 0.25) is 0 Å². The first-order chi connectivity index (χ1) is 10.7. The van der Waals surface area contributed by atoms with Crippen LogP contribution < -0.4 is 5.32 Å². The Hall–Kier alpha value is -1.89. The van der Waals surface area contributed by atoms with Crippen LogP contribution in [0.5, 0.6) is 0 Å². The lowest BCUT2D eigenvalue weighted by molar-refractivity contribution is -0.125. The molecule has 1 atom stereocenters. The van der Waals surface area contributed by atoms with E-state index in [-0.39, 0.29) is 23.1 Å². The zero-order chi connectivity index (χ0) is 17.2. The summed E-state index contributed by atoms with van der Waals surface area (Å²) in [5.74, 6) is -0.382. The van der Waals surface area contributed by atoms with Gasteiger partial charge in [0.25, 0.3) is 5.91 Å². The minimum atomic E-state index is -0.225. The van der Waals surface area contributed by atoms with Crippen molar-refractivity contribution in [2.75, 3.05) is 40.3 Å². The third kappa shape index (κ3) is 4.10. The summed E-state index contributed by atoms with van der Waals surface area (Å²) in [4.78, 5) is 28.6. The summed E-state index contributed by atoms with van der Waals surface area (Å²) in [6.45, 7) is 8.61. The van der Waals surface area contributed by atoms with E-state index < -0.39 is 0 Å². The van der Waals surface area contributed by atoms with E-state index in [4.69, 9.17) is 0 Å². The highest BCUT2D eigenvalue weighted by Gasteiger charge is 2.30. The van der Waals surface area contributed by atoms with Crippen LogP contribution in [0.25, 0.3) is 0 Å². The molecular weight excluding hydrogens is 294 g/mol. The highest BCUT2D eigenvalue weighted by molar-refractivity contribution is 5.93. The fraction of sp³-hybridized carbons (Fsp3) is 0.688. The van der Waals surface area contributed by atoms with Crippen molar-refractivity contribution in [2.45, 2.75) is 26.2 Å². The summed E-state index contributed by atoms with van der Waals surface area (Å²) < 4.78 is 0. The average molecular weight is 321 g/mol. The first-order valence-corrected chi connectivity index (χ1v) is 7.97. The number of nitrogens with one attached hydrogen (secondary N) is 2. The second kappa shape index (κ2) is 6.70. The van der Waals surface area contributed by atoms with E-state index in [1.807, 2.05) is 13.1 Å². The molecule has 0 aromatic carbocycles. The van der Waals surface area contributed by atoms with Gasteiger partial charge in [-0.1, -0.05) is 20.8 Å². The van der Waals surface area contributed by atoms with Gasteiger partial charge >= 0.3 is 0 Å². The quantitative estimate of drug-likeness (QED) is 0.829. The maximum Gasteiger partial charge on any atom is 0.274 e. The fourth-order valence-electron chi connectivity index (χ4n) is 2.71. The van der Waals surface area contributed by atoms with Gasteiger partial charge in [0.1, 0.15) is 5.69 Å². The monoisotopic (exact) mass is 321 g/mol. The van der Waals surface area contributed by atoms with Gasteiger partial charge in [-0.05, 0) is 13.1 Å². The molecule has 1 fully saturated rings. The standard InChI is InChI=1S/C16H27N5O2/c1-16(2,3)13-8-12(18-19-13)15(23)21-7-6-20(5)9-11(10-21)14(22)17-4/h8,11H,6-7,9-10H2,1-5H3,(H,17,22)(H,18,19). The molecule has 2 amide bonds. The van der Waals surface area contributed by atoms with Crippen LogP contribution in [0.3, 0.4) is 0 Å². The summed E-state index contributed by atoms with van der Waals surface area (Å²) in [5.41, 5.74) is 1.25. The molecule has 128 valence electrons. The number of aromatic amines is 1. The second-order valence-electron chi connectivity index (χ2n) is 7.24. The van der Waals surface area contributed by atoms with Gasteiger partial charge < -0.3 is 15.1 Å². The van der Waals surface area contributed by atoms with E-state index in [2.05, 4.69) is 41.2 Å². The molecule has 1 aliphatic rings. The number of rotatable bonds is 2. The molecule has 0 radical (unpaired) electrons. The van der Waals surface area contributed by atoms with Crippen molar-refractivity contribution in [1.82, 2.24) is 25.3 Å². The Morgan fingerprint density at radius 1 is 1.30 bits per heavy atom. The Kier molecular flexibility index (Phi) is 5.09. The highest BCUT2D eigenvalue weighted by Crippen LogP contribution is 2.21. The number of nitrogens with zero attached hydrogens (tertiary/aromatic N) is 3. The van der Waals surface area contributed by atoms with E-state index >= 15 is 0 Å². The van der Waals surface area contributed by atoms with Crippen molar-refractivity contribution in [3.05, 3.63) is 17.5 Å². The number of aromatic nitrogens is 2. The molecule has 1 aromatic heterocycles. The zero-order valence-corrected chi connectivity index (χ0v) is 14.6. The number of amides is 2. The van der Waals surface area contributed by atoms with E-state index in [0.29, 0.717) is 25.3 Å². The van der Waals surface area contributed by atoms with E-state index in [9.17, 15) is 9.59 Å². The lowest BCUT2D eigenvalue weighted by Crippen LogP contribution is -2.41. The van der Waals surface area contributed by atoms with Gasteiger partial charge in [-0.25, -0.2) is 0 Å². The van der Waals surface area contributed by atoms with Crippen molar-refractivity contribution in [3.8, 4) is 0 Å². The summed E-state index contributed by atoms with van der Waals surface area (Å²) in [6, 6.07) is 1.81. The molecule has 2 rings (SSSR count). The van der Waals surface area contributed by atoms with Crippen molar-refractivity contribution in [3.63, 3.8) is 0 Å². The second-order valence-corrected chi connectivity index (χ2v) is 7.24. The molecule has 0 spiro atoms. The molecule has 1 saturated heterocycles. The summed E-state index contributed by atoms with van der Waals surface area (Å²) >= 11 is 0. The number of H-pyrrole nitrogens is 1. The predicted molar refractivity (Wildman–Crippen MR) is 88.2 cm³/mol. The molecule has 1 aliphatic heterocycles. The van der Waals surface area contributed by atoms with Crippen LogP contribution in [0.4, 0.5) is 0 Å². The first-order valence-electron chi connectivity index (χ1n) is 7.97. The SMILES string of the molecule is CNC(=O)C1CN(C)CCN(C(=O)c2cc(C(C)(C)C)[nH]n2)C1. The van der Waals surface area contributed by atoms with Crippen LogP contribution in [-0.4, -0.2) is 72.1 Å². The van der Waals surface area contributed by atoms with Crippen LogP contribution >= 0.6 is 0 Å². The van der Waals surface area contributed by atoms with E-state index in [1.165, 1.54) is 0 Å². The molecule has 0 saturated carbocycles. The first kappa shape index (κ1) is 17.5. The molecule has 7 heteroatoms. The largest absolute Gasteiger partial charge is 0.359 e. The Labute approximate surface area is 137 Å². The Bertz CT molecular complexity index is 575. The normalized spacial score (nSPS) is 20.2. The van der Waals surface area contributed by atoms with Gasteiger partial charge in [-0.3, -0.25) is 14.7 Å². The number of likely N-dealkylation sites (N-methyl/N-ethyl adjacent to an activating group) is 1. The maximum absolute atomic E-state index is 12.7. The smallest absolute Gasteiger partial charge is 0.274 e. The maximum atomic E-state index is 12.7. The van der Waals surface area contributed by atoms with Gasteiger partial charge in [0.05, 0.1) is 5.92 Å². The minimum Gasteiger partial charge on any atom is -0.359 e. The van der Waals surface area contributed by atoms with E-state index in [0.717, 1.165) is 12.2 Å². The topological polar surface area (TPSA) is 81.3 Å². The highest BCUT2D eigenvalue weighted by atomic mass is 16.2. The lowest BCUT2D eigenvalue weighted by atomic mass is 9.92. The molecule has 1 aromatic rings. The fourth-order valence-corrected chi connectivity index (χ4v) is 2.71. The summed E-state index contributed by atoms with van der Waals surface area (Å²) in [7, 11) is 3.60. The van der Waals surface area contributed by atoms with Gasteiger partial charge in [-0.2, -0.15) is 5.10 Å². The van der Waals surface area contributed by atoms with Crippen molar-refractivity contribution >= 4 is 11.8 Å². The molecule has 7 nitrogen and oxygen atoms in total. The molecule has 2 N–H and O–H groups in total. The Morgan fingerprint density at radius 3 is 2.57 bits per heavy atom. The molecule has 0 bridgehead atoms. The minimum absolute atomic E-state index is 0.0334. The number of hydrogen-bond acceptors (Lipinski definition) is 4. The molecule has 1 unspecified atom stereocenters. The molecule has 0 aliphatic carbocycles. The van der Waals surface area contributed by atoms with Crippen molar-refractivity contribution in [1.29, 1.82) is 0 Å². The van der Waals surface area contributed by atoms with Gasteiger partial charge in [0.15, 0.2) is 0 Å². The number of carbonyl (C=O) groups excluding carboxylic acids is 2. The van der Waals surface area contributed by atoms with Gasteiger partial charge in [0, 0.05) is 44.3 Å². The van der Waals surface area contributed by atoms with Crippen molar-refractivity contribution in [2.24, 2.45) is 5.92 Å². The number of carbonyl (C=O) groups is 2. The predicted octanol–water partition coefficient (Wildman–Crippen LogP) is 0.457. The third-order valence-electron chi connectivity index (χ3n) is 4.23. The average Bonchev–Trinajstić information content (AvgIpc) is 2.90. The Balaban J connectivity index is 2.17. The molecular formula is C16H27N5O2. The summed E-state index contributed by atoms with van der Waals surface area (Å²) in [5, 5.41) is 9.80. The third-order valence-corrected chi connectivity index (χ3v) is 4.23.